The number of nitrogens with one attached hydrogen (secondary N) is 1. The van der Waals surface area contributed by atoms with Crippen LogP contribution in [0.25, 0.3) is 0 Å². The molecule has 5 heteroatoms. The Balaban J connectivity index is 1.75. The first-order valence-electron chi connectivity index (χ1n) is 9.75. The zero-order chi connectivity index (χ0) is 20.6. The quantitative estimate of drug-likeness (QED) is 0.278. The van der Waals surface area contributed by atoms with E-state index in [1.807, 2.05) is 19.1 Å². The van der Waals surface area contributed by atoms with Crippen LogP contribution in [0.5, 0.6) is 11.5 Å². The van der Waals surface area contributed by atoms with Crippen molar-refractivity contribution in [1.29, 1.82) is 0 Å². The predicted octanol–water partition coefficient (Wildman–Crippen LogP) is 7.21. The number of rotatable bonds is 9. The number of ether oxygens (including phenoxy) is 2. The van der Waals surface area contributed by atoms with Gasteiger partial charge in [0.1, 0.15) is 6.61 Å². The molecule has 0 fully saturated rings. The standard InChI is InChI=1S/C24H25BrINO2/c1-3-19-7-5-6-8-22(19)27-15-18-13-21(26)24(23(14-18)28-4-2)29-16-17-9-11-20(25)12-10-17/h5-14,27H,3-4,15-16H2,1-2H3. The van der Waals surface area contributed by atoms with Gasteiger partial charge in [-0.1, -0.05) is 53.2 Å². The molecule has 0 saturated carbocycles. The molecule has 29 heavy (non-hydrogen) atoms. The van der Waals surface area contributed by atoms with E-state index in [1.165, 1.54) is 16.8 Å². The Hall–Kier alpha value is -1.73. The van der Waals surface area contributed by atoms with Gasteiger partial charge in [-0.2, -0.15) is 0 Å². The van der Waals surface area contributed by atoms with Crippen LogP contribution in [0.1, 0.15) is 30.5 Å². The molecule has 0 unspecified atom stereocenters. The van der Waals surface area contributed by atoms with E-state index >= 15 is 0 Å². The summed E-state index contributed by atoms with van der Waals surface area (Å²) >= 11 is 5.79. The zero-order valence-electron chi connectivity index (χ0n) is 16.7. The van der Waals surface area contributed by atoms with E-state index in [1.54, 1.807) is 0 Å². The van der Waals surface area contributed by atoms with E-state index in [-0.39, 0.29) is 0 Å². The van der Waals surface area contributed by atoms with Gasteiger partial charge in [0.05, 0.1) is 10.2 Å². The lowest BCUT2D eigenvalue weighted by molar-refractivity contribution is 0.267. The molecule has 0 saturated heterocycles. The minimum Gasteiger partial charge on any atom is -0.490 e. The van der Waals surface area contributed by atoms with Gasteiger partial charge in [-0.3, -0.25) is 0 Å². The number of aryl methyl sites for hydroxylation is 1. The highest BCUT2D eigenvalue weighted by Crippen LogP contribution is 2.35. The van der Waals surface area contributed by atoms with Crippen LogP contribution in [0, 0.1) is 3.57 Å². The number of halogens is 2. The van der Waals surface area contributed by atoms with Crippen LogP contribution in [0.2, 0.25) is 0 Å². The lowest BCUT2D eigenvalue weighted by atomic mass is 10.1. The molecule has 3 nitrogen and oxygen atoms in total. The smallest absolute Gasteiger partial charge is 0.174 e. The van der Waals surface area contributed by atoms with Crippen LogP contribution in [0.15, 0.2) is 65.1 Å². The van der Waals surface area contributed by atoms with Crippen molar-refractivity contribution in [3.63, 3.8) is 0 Å². The largest absolute Gasteiger partial charge is 0.490 e. The molecule has 3 aromatic carbocycles. The molecule has 0 aliphatic heterocycles. The Bertz CT molecular complexity index is 944. The number of anilines is 1. The van der Waals surface area contributed by atoms with Gasteiger partial charge in [0, 0.05) is 16.7 Å². The van der Waals surface area contributed by atoms with Crippen molar-refractivity contribution in [1.82, 2.24) is 0 Å². The predicted molar refractivity (Wildman–Crippen MR) is 132 cm³/mol. The van der Waals surface area contributed by atoms with E-state index in [4.69, 9.17) is 9.47 Å². The molecule has 1 N–H and O–H groups in total. The molecule has 0 bridgehead atoms. The Morgan fingerprint density at radius 1 is 0.931 bits per heavy atom. The zero-order valence-corrected chi connectivity index (χ0v) is 20.4. The normalized spacial score (nSPS) is 10.6. The summed E-state index contributed by atoms with van der Waals surface area (Å²) in [5, 5.41) is 3.56. The summed E-state index contributed by atoms with van der Waals surface area (Å²) in [5.41, 5.74) is 4.79. The van der Waals surface area contributed by atoms with Crippen molar-refractivity contribution in [3.8, 4) is 11.5 Å². The topological polar surface area (TPSA) is 30.5 Å². The molecule has 0 aromatic heterocycles. The Morgan fingerprint density at radius 2 is 1.69 bits per heavy atom. The van der Waals surface area contributed by atoms with Crippen LogP contribution in [0.4, 0.5) is 5.69 Å². The fraction of sp³-hybridized carbons (Fsp3) is 0.250. The highest BCUT2D eigenvalue weighted by molar-refractivity contribution is 14.1. The van der Waals surface area contributed by atoms with Gasteiger partial charge in [-0.25, -0.2) is 0 Å². The summed E-state index contributed by atoms with van der Waals surface area (Å²) in [7, 11) is 0. The highest BCUT2D eigenvalue weighted by Gasteiger charge is 2.13. The molecule has 0 spiro atoms. The average molecular weight is 566 g/mol. The third-order valence-corrected chi connectivity index (χ3v) is 5.88. The van der Waals surface area contributed by atoms with Crippen molar-refractivity contribution in [2.24, 2.45) is 0 Å². The first-order valence-corrected chi connectivity index (χ1v) is 11.6. The summed E-state index contributed by atoms with van der Waals surface area (Å²) in [6.45, 7) is 6.01. The van der Waals surface area contributed by atoms with Crippen molar-refractivity contribution >= 4 is 44.2 Å². The molecule has 0 heterocycles. The fourth-order valence-corrected chi connectivity index (χ4v) is 4.15. The van der Waals surface area contributed by atoms with E-state index in [2.05, 4.69) is 99.3 Å². The molecule has 0 aliphatic carbocycles. The van der Waals surface area contributed by atoms with Crippen molar-refractivity contribution in [3.05, 3.63) is 85.4 Å². The Morgan fingerprint density at radius 3 is 2.41 bits per heavy atom. The van der Waals surface area contributed by atoms with Gasteiger partial charge in [0.25, 0.3) is 0 Å². The molecular weight excluding hydrogens is 541 g/mol. The second-order valence-electron chi connectivity index (χ2n) is 6.62. The molecule has 3 aromatic rings. The minimum atomic E-state index is 0.505. The Labute approximate surface area is 195 Å². The summed E-state index contributed by atoms with van der Waals surface area (Å²) in [4.78, 5) is 0. The second kappa shape index (κ2) is 10.9. The maximum Gasteiger partial charge on any atom is 0.174 e. The molecular formula is C24H25BrINO2. The van der Waals surface area contributed by atoms with Gasteiger partial charge >= 0.3 is 0 Å². The second-order valence-corrected chi connectivity index (χ2v) is 8.70. The van der Waals surface area contributed by atoms with Crippen LogP contribution in [0.3, 0.4) is 0 Å². The average Bonchev–Trinajstić information content (AvgIpc) is 2.73. The molecule has 0 aliphatic rings. The van der Waals surface area contributed by atoms with Crippen molar-refractivity contribution in [2.75, 3.05) is 11.9 Å². The SMILES string of the molecule is CCOc1cc(CNc2ccccc2CC)cc(I)c1OCc1ccc(Br)cc1. The summed E-state index contributed by atoms with van der Waals surface area (Å²) < 4.78 is 14.1. The van der Waals surface area contributed by atoms with Gasteiger partial charge in [-0.15, -0.1) is 0 Å². The van der Waals surface area contributed by atoms with Gasteiger partial charge in [-0.05, 0) is 83.0 Å². The highest BCUT2D eigenvalue weighted by atomic mass is 127. The molecule has 152 valence electrons. The molecule has 0 amide bonds. The third-order valence-electron chi connectivity index (χ3n) is 4.55. The minimum absolute atomic E-state index is 0.505. The lowest BCUT2D eigenvalue weighted by Crippen LogP contribution is -2.05. The molecule has 0 atom stereocenters. The third kappa shape index (κ3) is 6.12. The van der Waals surface area contributed by atoms with E-state index in [0.717, 1.165) is 38.1 Å². The molecule has 0 radical (unpaired) electrons. The lowest BCUT2D eigenvalue weighted by Gasteiger charge is -2.17. The summed E-state index contributed by atoms with van der Waals surface area (Å²) in [5.74, 6) is 1.59. The maximum absolute atomic E-state index is 6.13. The first-order chi connectivity index (χ1) is 14.1. The fourth-order valence-electron chi connectivity index (χ4n) is 3.06. The van der Waals surface area contributed by atoms with Crippen LogP contribution in [-0.2, 0) is 19.6 Å². The maximum atomic E-state index is 6.13. The number of hydrogen-bond donors (Lipinski definition) is 1. The summed E-state index contributed by atoms with van der Waals surface area (Å²) in [6, 6.07) is 20.8. The van der Waals surface area contributed by atoms with Crippen LogP contribution in [-0.4, -0.2) is 6.61 Å². The number of hydrogen-bond acceptors (Lipinski definition) is 3. The van der Waals surface area contributed by atoms with Crippen LogP contribution >= 0.6 is 38.5 Å². The van der Waals surface area contributed by atoms with Crippen LogP contribution < -0.4 is 14.8 Å². The first kappa shape index (κ1) is 22.0. The van der Waals surface area contributed by atoms with E-state index < -0.39 is 0 Å². The van der Waals surface area contributed by atoms with Gasteiger partial charge in [0.15, 0.2) is 11.5 Å². The number of benzene rings is 3. The number of para-hydroxylation sites is 1. The van der Waals surface area contributed by atoms with Gasteiger partial charge in [0.2, 0.25) is 0 Å². The van der Waals surface area contributed by atoms with E-state index in [9.17, 15) is 0 Å². The summed E-state index contributed by atoms with van der Waals surface area (Å²) in [6.07, 6.45) is 1.01. The van der Waals surface area contributed by atoms with E-state index in [0.29, 0.717) is 13.2 Å². The Kier molecular flexibility index (Phi) is 8.24. The molecule has 3 rings (SSSR count). The van der Waals surface area contributed by atoms with Crippen molar-refractivity contribution < 1.29 is 9.47 Å². The monoisotopic (exact) mass is 565 g/mol. The van der Waals surface area contributed by atoms with Crippen molar-refractivity contribution in [2.45, 2.75) is 33.4 Å². The van der Waals surface area contributed by atoms with Gasteiger partial charge < -0.3 is 14.8 Å².